The molecule has 7 heteroatoms. The molecule has 1 aliphatic rings. The van der Waals surface area contributed by atoms with E-state index in [1.54, 1.807) is 6.26 Å². The Morgan fingerprint density at radius 2 is 1.81 bits per heavy atom. The number of hydrogen-bond acceptors (Lipinski definition) is 6. The van der Waals surface area contributed by atoms with Crippen LogP contribution in [-0.2, 0) is 24.4 Å². The maximum Gasteiger partial charge on any atom is 0.236 e. The molecule has 7 nitrogen and oxygen atoms in total. The first kappa shape index (κ1) is 21.3. The lowest BCUT2D eigenvalue weighted by atomic mass is 10.1. The number of carbonyl (C=O) groups excluding carboxylic acids is 1. The number of rotatable bonds is 8. The van der Waals surface area contributed by atoms with E-state index < -0.39 is 0 Å². The van der Waals surface area contributed by atoms with Crippen molar-refractivity contribution in [3.63, 3.8) is 0 Å². The lowest BCUT2D eigenvalue weighted by Crippen LogP contribution is -2.50. The number of piperazine rings is 1. The van der Waals surface area contributed by atoms with Crippen LogP contribution in [0.4, 0.5) is 0 Å². The number of hydrogen-bond donors (Lipinski definition) is 0. The highest BCUT2D eigenvalue weighted by Gasteiger charge is 2.24. The fourth-order valence-electron chi connectivity index (χ4n) is 4.03. The molecule has 0 bridgehead atoms. The van der Waals surface area contributed by atoms with Gasteiger partial charge in [0.05, 0.1) is 25.0 Å². The first-order valence-electron chi connectivity index (χ1n) is 10.8. The van der Waals surface area contributed by atoms with Gasteiger partial charge >= 0.3 is 0 Å². The van der Waals surface area contributed by atoms with Gasteiger partial charge in [-0.25, -0.2) is 0 Å². The monoisotopic (exact) mass is 422 g/mol. The van der Waals surface area contributed by atoms with Crippen molar-refractivity contribution in [1.29, 1.82) is 0 Å². The zero-order valence-electron chi connectivity index (χ0n) is 18.3. The van der Waals surface area contributed by atoms with Crippen LogP contribution in [0.1, 0.15) is 28.3 Å². The zero-order chi connectivity index (χ0) is 21.6. The molecule has 0 saturated carbocycles. The molecule has 0 N–H and O–H groups in total. The molecule has 0 radical (unpaired) electrons. The van der Waals surface area contributed by atoms with Crippen molar-refractivity contribution in [2.45, 2.75) is 33.5 Å². The number of nitrogens with zero attached hydrogens (tertiary/aromatic N) is 4. The van der Waals surface area contributed by atoms with E-state index in [0.717, 1.165) is 55.5 Å². The summed E-state index contributed by atoms with van der Waals surface area (Å²) in [4.78, 5) is 19.6. The molecule has 0 atom stereocenters. The Hall–Kier alpha value is -2.90. The van der Waals surface area contributed by atoms with Crippen molar-refractivity contribution in [3.05, 3.63) is 77.1 Å². The second kappa shape index (κ2) is 9.94. The van der Waals surface area contributed by atoms with Gasteiger partial charge in [-0.05, 0) is 31.5 Å². The fourth-order valence-corrected chi connectivity index (χ4v) is 4.03. The number of aromatic nitrogens is 1. The summed E-state index contributed by atoms with van der Waals surface area (Å²) in [5.74, 6) is 1.91. The van der Waals surface area contributed by atoms with Gasteiger partial charge in [0.1, 0.15) is 11.5 Å². The largest absolute Gasteiger partial charge is 0.468 e. The molecule has 2 aromatic heterocycles. The molecule has 31 heavy (non-hydrogen) atoms. The summed E-state index contributed by atoms with van der Waals surface area (Å²) in [7, 11) is 0. The average molecular weight is 423 g/mol. The van der Waals surface area contributed by atoms with Crippen molar-refractivity contribution in [2.75, 3.05) is 32.7 Å². The van der Waals surface area contributed by atoms with E-state index in [-0.39, 0.29) is 5.91 Å². The predicted molar refractivity (Wildman–Crippen MR) is 117 cm³/mol. The lowest BCUT2D eigenvalue weighted by molar-refractivity contribution is -0.134. The van der Waals surface area contributed by atoms with Crippen molar-refractivity contribution >= 4 is 5.91 Å². The van der Waals surface area contributed by atoms with Crippen LogP contribution in [0.25, 0.3) is 0 Å². The van der Waals surface area contributed by atoms with E-state index in [4.69, 9.17) is 8.94 Å². The molecule has 1 aromatic carbocycles. The van der Waals surface area contributed by atoms with Gasteiger partial charge in [0, 0.05) is 44.8 Å². The molecule has 1 saturated heterocycles. The van der Waals surface area contributed by atoms with Gasteiger partial charge in [0.15, 0.2) is 0 Å². The van der Waals surface area contributed by atoms with Crippen LogP contribution in [-0.4, -0.2) is 58.5 Å². The van der Waals surface area contributed by atoms with Gasteiger partial charge in [-0.1, -0.05) is 35.5 Å². The van der Waals surface area contributed by atoms with Gasteiger partial charge < -0.3 is 13.8 Å². The first-order chi connectivity index (χ1) is 15.1. The van der Waals surface area contributed by atoms with Gasteiger partial charge in [-0.2, -0.15) is 0 Å². The summed E-state index contributed by atoms with van der Waals surface area (Å²) >= 11 is 0. The summed E-state index contributed by atoms with van der Waals surface area (Å²) < 4.78 is 10.8. The number of aryl methyl sites for hydroxylation is 2. The second-order valence-electron chi connectivity index (χ2n) is 8.17. The minimum absolute atomic E-state index is 0.166. The van der Waals surface area contributed by atoms with E-state index in [2.05, 4.69) is 27.1 Å². The summed E-state index contributed by atoms with van der Waals surface area (Å²) in [6.45, 7) is 9.63. The van der Waals surface area contributed by atoms with Crippen molar-refractivity contribution in [1.82, 2.24) is 19.9 Å². The van der Waals surface area contributed by atoms with Crippen LogP contribution in [0.3, 0.4) is 0 Å². The summed E-state index contributed by atoms with van der Waals surface area (Å²) in [5, 5.41) is 4.04. The SMILES string of the molecule is Cc1noc(C)c1CN1CCN(C(=O)CN(Cc2ccccc2)Cc2ccco2)CC1. The van der Waals surface area contributed by atoms with Crippen LogP contribution < -0.4 is 0 Å². The molecule has 0 aliphatic carbocycles. The van der Waals surface area contributed by atoms with E-state index >= 15 is 0 Å². The summed E-state index contributed by atoms with van der Waals surface area (Å²) in [5.41, 5.74) is 3.30. The van der Waals surface area contributed by atoms with Crippen molar-refractivity contribution in [2.24, 2.45) is 0 Å². The van der Waals surface area contributed by atoms with E-state index in [1.807, 2.05) is 49.1 Å². The fraction of sp³-hybridized carbons (Fsp3) is 0.417. The highest BCUT2D eigenvalue weighted by atomic mass is 16.5. The number of amides is 1. The quantitative estimate of drug-likeness (QED) is 0.555. The Balaban J connectivity index is 1.33. The average Bonchev–Trinajstić information content (AvgIpc) is 3.40. The Bertz CT molecular complexity index is 941. The maximum atomic E-state index is 13.1. The Morgan fingerprint density at radius 3 is 2.45 bits per heavy atom. The van der Waals surface area contributed by atoms with Crippen LogP contribution in [0, 0.1) is 13.8 Å². The van der Waals surface area contributed by atoms with Gasteiger partial charge in [-0.3, -0.25) is 14.6 Å². The predicted octanol–water partition coefficient (Wildman–Crippen LogP) is 3.23. The van der Waals surface area contributed by atoms with E-state index in [1.165, 1.54) is 5.56 Å². The topological polar surface area (TPSA) is 66.0 Å². The highest BCUT2D eigenvalue weighted by Crippen LogP contribution is 2.17. The molecule has 1 aliphatic heterocycles. The first-order valence-corrected chi connectivity index (χ1v) is 10.8. The van der Waals surface area contributed by atoms with Crippen LogP contribution in [0.5, 0.6) is 0 Å². The third-order valence-electron chi connectivity index (χ3n) is 5.86. The van der Waals surface area contributed by atoms with Crippen LogP contribution in [0.2, 0.25) is 0 Å². The molecule has 1 fully saturated rings. The van der Waals surface area contributed by atoms with Gasteiger partial charge in [0.25, 0.3) is 0 Å². The van der Waals surface area contributed by atoms with Crippen LogP contribution >= 0.6 is 0 Å². The standard InChI is InChI=1S/C24H30N4O3/c1-19-23(20(2)31-25-19)17-26-10-12-28(13-11-26)24(29)18-27(16-22-9-6-14-30-22)15-21-7-4-3-5-8-21/h3-9,14H,10-13,15-18H2,1-2H3. The molecular weight excluding hydrogens is 392 g/mol. The number of furan rings is 1. The minimum atomic E-state index is 0.166. The third-order valence-corrected chi connectivity index (χ3v) is 5.86. The van der Waals surface area contributed by atoms with Crippen molar-refractivity contribution in [3.8, 4) is 0 Å². The molecule has 0 unspecified atom stereocenters. The van der Waals surface area contributed by atoms with E-state index in [0.29, 0.717) is 19.6 Å². The number of carbonyl (C=O) groups is 1. The van der Waals surface area contributed by atoms with Crippen molar-refractivity contribution < 1.29 is 13.7 Å². The molecule has 164 valence electrons. The van der Waals surface area contributed by atoms with Gasteiger partial charge in [0.2, 0.25) is 5.91 Å². The maximum absolute atomic E-state index is 13.1. The minimum Gasteiger partial charge on any atom is -0.468 e. The lowest BCUT2D eigenvalue weighted by Gasteiger charge is -2.35. The molecule has 0 spiro atoms. The highest BCUT2D eigenvalue weighted by molar-refractivity contribution is 5.78. The molecule has 3 heterocycles. The third kappa shape index (κ3) is 5.62. The smallest absolute Gasteiger partial charge is 0.236 e. The second-order valence-corrected chi connectivity index (χ2v) is 8.17. The van der Waals surface area contributed by atoms with Crippen LogP contribution in [0.15, 0.2) is 57.7 Å². The summed E-state index contributed by atoms with van der Waals surface area (Å²) in [6, 6.07) is 14.1. The Kier molecular flexibility index (Phi) is 6.84. The zero-order valence-corrected chi connectivity index (χ0v) is 18.3. The molecular formula is C24H30N4O3. The molecule has 4 rings (SSSR count). The molecule has 1 amide bonds. The summed E-state index contributed by atoms with van der Waals surface area (Å²) in [6.07, 6.45) is 1.68. The Morgan fingerprint density at radius 1 is 1.03 bits per heavy atom. The van der Waals surface area contributed by atoms with Gasteiger partial charge in [-0.15, -0.1) is 0 Å². The molecule has 3 aromatic rings. The number of benzene rings is 1. The van der Waals surface area contributed by atoms with E-state index in [9.17, 15) is 4.79 Å². The normalized spacial score (nSPS) is 15.0. The Labute approximate surface area is 183 Å².